The minimum atomic E-state index is -1.24. The van der Waals surface area contributed by atoms with Gasteiger partial charge in [0, 0.05) is 69.4 Å². The molecule has 4 aliphatic rings. The summed E-state index contributed by atoms with van der Waals surface area (Å²) in [7, 11) is -1.24. The van der Waals surface area contributed by atoms with Gasteiger partial charge in [0.2, 0.25) is 0 Å². The molecule has 3 saturated heterocycles. The molecule has 16 nitrogen and oxygen atoms in total. The molecule has 0 aromatic heterocycles. The van der Waals surface area contributed by atoms with E-state index in [1.165, 1.54) is 10.5 Å². The van der Waals surface area contributed by atoms with Crippen LogP contribution >= 0.6 is 11.6 Å². The molecule has 0 bridgehead atoms. The monoisotopic (exact) mass is 1010 g/mol. The molecule has 4 heterocycles. The van der Waals surface area contributed by atoms with E-state index in [1.807, 2.05) is 107 Å². The van der Waals surface area contributed by atoms with Crippen LogP contribution in [0.3, 0.4) is 0 Å². The van der Waals surface area contributed by atoms with Crippen molar-refractivity contribution >= 4 is 52.6 Å². The Morgan fingerprint density at radius 2 is 1.06 bits per heavy atom. The highest BCUT2D eigenvalue weighted by Gasteiger charge is 2.37. The minimum absolute atomic E-state index is 0. The van der Waals surface area contributed by atoms with Gasteiger partial charge in [0.05, 0.1) is 34.8 Å². The zero-order valence-corrected chi connectivity index (χ0v) is 43.7. The van der Waals surface area contributed by atoms with Crippen molar-refractivity contribution < 1.29 is 57.3 Å². The smallest absolute Gasteiger partial charge is 0.410 e. The van der Waals surface area contributed by atoms with Gasteiger partial charge in [-0.05, 0) is 126 Å². The number of amides is 4. The highest BCUT2D eigenvalue weighted by atomic mass is 35.5. The van der Waals surface area contributed by atoms with E-state index in [9.17, 15) is 38.4 Å². The molecule has 69 heavy (non-hydrogen) atoms. The molecule has 5 rings (SSSR count). The maximum atomic E-state index is 12.4. The zero-order chi connectivity index (χ0) is 51.0. The number of hydrogen-bond acceptors (Lipinski definition) is 12. The number of β-amino-alcohol motifs (C(OH)–C–C–N with tert-alkyl or cyclic N) is 1. The average Bonchev–Trinajstić information content (AvgIpc) is 3.21. The number of carbonyl (C=O) groups is 5. The van der Waals surface area contributed by atoms with E-state index in [0.29, 0.717) is 83.8 Å². The molecule has 18 heteroatoms. The Hall–Kier alpha value is -4.19. The van der Waals surface area contributed by atoms with Gasteiger partial charge in [-0.3, -0.25) is 9.00 Å². The fraction of sp³-hybridized carbons (Fsp3) is 0.706. The van der Waals surface area contributed by atoms with Crippen LogP contribution in [0.15, 0.2) is 59.0 Å². The summed E-state index contributed by atoms with van der Waals surface area (Å²) in [5.74, 6) is 0.978. The number of Topliss-reactive ketones (excluding diaryl/α,β-unsaturated/α-hetero) is 1. The van der Waals surface area contributed by atoms with E-state index in [1.54, 1.807) is 26.8 Å². The molecular formula is C51H87ClN4O12S. The summed E-state index contributed by atoms with van der Waals surface area (Å²) >= 11 is 5.71. The number of ketones is 1. The van der Waals surface area contributed by atoms with Crippen molar-refractivity contribution in [2.24, 2.45) is 0 Å². The Balaban J connectivity index is 0.000000906. The van der Waals surface area contributed by atoms with Crippen LogP contribution in [0.1, 0.15) is 136 Å². The number of benzene rings is 1. The van der Waals surface area contributed by atoms with Crippen LogP contribution in [-0.2, 0) is 34.5 Å². The van der Waals surface area contributed by atoms with Gasteiger partial charge in [-0.1, -0.05) is 51.3 Å². The molecule has 0 saturated carbocycles. The Bertz CT molecular complexity index is 1850. The number of aliphatic hydroxyl groups excluding tert-OH is 1. The first-order valence-electron chi connectivity index (χ1n) is 23.0. The minimum Gasteiger partial charge on any atom is -0.444 e. The molecule has 2 unspecified atom stereocenters. The summed E-state index contributed by atoms with van der Waals surface area (Å²) < 4.78 is 33.4. The second-order valence-corrected chi connectivity index (χ2v) is 22.7. The van der Waals surface area contributed by atoms with Crippen LogP contribution in [0.4, 0.5) is 19.2 Å². The second-order valence-electron chi connectivity index (χ2n) is 21.0. The molecule has 0 aliphatic carbocycles. The van der Waals surface area contributed by atoms with Crippen molar-refractivity contribution in [3.63, 3.8) is 0 Å². The van der Waals surface area contributed by atoms with Crippen molar-refractivity contribution in [1.29, 1.82) is 0 Å². The molecule has 396 valence electrons. The van der Waals surface area contributed by atoms with Gasteiger partial charge < -0.3 is 48.8 Å². The van der Waals surface area contributed by atoms with E-state index in [4.69, 9.17) is 30.5 Å². The number of piperidine rings is 3. The lowest BCUT2D eigenvalue weighted by atomic mass is 9.94. The fourth-order valence-electron chi connectivity index (χ4n) is 6.43. The topological polar surface area (TPSA) is 193 Å². The number of hydrogen-bond donors (Lipinski definition) is 2. The number of halogens is 1. The molecule has 0 spiro atoms. The van der Waals surface area contributed by atoms with E-state index >= 15 is 0 Å². The molecule has 1 aromatic rings. The molecule has 4 aliphatic heterocycles. The third kappa shape index (κ3) is 26.6. The van der Waals surface area contributed by atoms with Crippen LogP contribution in [-0.4, -0.2) is 162 Å². The highest BCUT2D eigenvalue weighted by Crippen LogP contribution is 2.27. The van der Waals surface area contributed by atoms with Crippen LogP contribution in [0.5, 0.6) is 0 Å². The van der Waals surface area contributed by atoms with Gasteiger partial charge in [0.25, 0.3) is 0 Å². The summed E-state index contributed by atoms with van der Waals surface area (Å²) in [6, 6.07) is 9.14. The quantitative estimate of drug-likeness (QED) is 0.165. The number of alkyl halides is 1. The third-order valence-electron chi connectivity index (χ3n) is 10.1. The second kappa shape index (κ2) is 28.6. The zero-order valence-electron chi connectivity index (χ0n) is 42.1. The molecule has 4 amide bonds. The Morgan fingerprint density at radius 3 is 1.45 bits per heavy atom. The Kier molecular flexibility index (Phi) is 26.9. The molecule has 2 N–H and O–H groups in total. The lowest BCUT2D eigenvalue weighted by molar-refractivity contribution is -0.121. The lowest BCUT2D eigenvalue weighted by Crippen LogP contribution is -2.50. The predicted octanol–water partition coefficient (Wildman–Crippen LogP) is 9.75. The first-order chi connectivity index (χ1) is 30.8. The third-order valence-corrected chi connectivity index (χ3v) is 12.0. The summed E-state index contributed by atoms with van der Waals surface area (Å²) in [6.07, 6.45) is 3.32. The van der Waals surface area contributed by atoms with E-state index in [-0.39, 0.29) is 57.3 Å². The van der Waals surface area contributed by atoms with Crippen molar-refractivity contribution in [2.45, 2.75) is 175 Å². The van der Waals surface area contributed by atoms with Crippen LogP contribution < -0.4 is 0 Å². The highest BCUT2D eigenvalue weighted by molar-refractivity contribution is 7.85. The fourth-order valence-corrected chi connectivity index (χ4v) is 8.08. The average molecular weight is 1020 g/mol. The van der Waals surface area contributed by atoms with Crippen molar-refractivity contribution in [1.82, 2.24) is 19.6 Å². The molecule has 3 fully saturated rings. The predicted molar refractivity (Wildman–Crippen MR) is 274 cm³/mol. The lowest BCUT2D eigenvalue weighted by Gasteiger charge is -2.38. The number of carbonyl (C=O) groups excluding carboxylic acids is 5. The number of ether oxygens (including phenoxy) is 4. The van der Waals surface area contributed by atoms with Crippen LogP contribution in [0, 0.1) is 0 Å². The van der Waals surface area contributed by atoms with Crippen LogP contribution in [0.25, 0.3) is 0 Å². The number of rotatable bonds is 4. The van der Waals surface area contributed by atoms with Crippen molar-refractivity contribution in [2.75, 3.05) is 64.0 Å². The number of nitrogens with zero attached hydrogens (tertiary/aromatic N) is 4. The number of likely N-dealkylation sites (tertiary alicyclic amines) is 3. The van der Waals surface area contributed by atoms with Crippen LogP contribution in [0.2, 0.25) is 0 Å². The van der Waals surface area contributed by atoms with Gasteiger partial charge >= 0.3 is 24.4 Å². The van der Waals surface area contributed by atoms with E-state index in [0.717, 1.165) is 16.9 Å². The van der Waals surface area contributed by atoms with Gasteiger partial charge in [0.1, 0.15) is 28.2 Å². The Morgan fingerprint density at radius 1 is 0.667 bits per heavy atom. The molecule has 1 aromatic carbocycles. The van der Waals surface area contributed by atoms with Crippen molar-refractivity contribution in [3.8, 4) is 0 Å². The van der Waals surface area contributed by atoms with Gasteiger partial charge in [-0.25, -0.2) is 19.2 Å². The normalized spacial score (nSPS) is 18.8. The summed E-state index contributed by atoms with van der Waals surface area (Å²) in [6.45, 7) is 29.8. The SMILES string of the molecule is C.C.C=C1CCN(C(=O)OC(C)(C)C)CC1O.CC(C)(C)OC(=O)N1CC=C(CCl)CC1.CC(C)(C)OC(=O)N1CCC(=O)CC1.CC(C)(C)OC(=O)N1CCC(O)(CS(=O)c2ccccc2)CC1. The summed E-state index contributed by atoms with van der Waals surface area (Å²) in [5, 5.41) is 20.2. The van der Waals surface area contributed by atoms with Crippen molar-refractivity contribution in [3.05, 3.63) is 54.1 Å². The standard InChI is InChI=1S/C17H25NO4S.C11H18ClNO2.C11H19NO3.C10H17NO3.2CH4/c1-16(2,3)22-15(19)18-11-9-17(20,10-12-18)13-23(21)14-7-5-4-6-8-14;1-11(2,3)15-10(14)13-6-4-9(8-12)5-7-13;1-8-5-6-12(7-9(8)13)10(14)15-11(2,3)4;1-10(2,3)14-9(13)11-6-4-8(12)5-7-11;;/h4-8,20H,9-13H2,1-3H3;4H,5-8H2,1-3H3;9,13H,1,5-7H2,2-4H3;4-7H2,1-3H3;2*1H4. The van der Waals surface area contributed by atoms with Gasteiger partial charge in [-0.15, -0.1) is 11.6 Å². The molecule has 0 radical (unpaired) electrons. The molecule has 2 atom stereocenters. The maximum Gasteiger partial charge on any atom is 0.410 e. The summed E-state index contributed by atoms with van der Waals surface area (Å²) in [4.78, 5) is 64.9. The van der Waals surface area contributed by atoms with Gasteiger partial charge in [-0.2, -0.15) is 0 Å². The number of aliphatic hydroxyl groups is 2. The van der Waals surface area contributed by atoms with E-state index in [2.05, 4.69) is 6.58 Å². The Labute approximate surface area is 421 Å². The molecular weight excluding hydrogens is 928 g/mol. The summed E-state index contributed by atoms with van der Waals surface area (Å²) in [5.41, 5.74) is -0.909. The largest absolute Gasteiger partial charge is 0.444 e. The first-order valence-corrected chi connectivity index (χ1v) is 24.8. The first kappa shape index (κ1) is 64.8. The van der Waals surface area contributed by atoms with Gasteiger partial charge in [0.15, 0.2) is 0 Å². The van der Waals surface area contributed by atoms with E-state index < -0.39 is 44.9 Å². The maximum absolute atomic E-state index is 12.4.